The van der Waals surface area contributed by atoms with Crippen LogP contribution >= 0.6 is 0 Å². The van der Waals surface area contributed by atoms with Gasteiger partial charge in [0.25, 0.3) is 5.91 Å². The summed E-state index contributed by atoms with van der Waals surface area (Å²) in [6, 6.07) is 4.32. The molecule has 90 heavy (non-hydrogen) atoms. The first-order chi connectivity index (χ1) is 43.9. The van der Waals surface area contributed by atoms with E-state index in [-0.39, 0.29) is 198 Å². The van der Waals surface area contributed by atoms with Crippen LogP contribution in [0.3, 0.4) is 0 Å². The lowest BCUT2D eigenvalue weighted by atomic mass is 10.2. The number of nitrogens with zero attached hydrogens (tertiary/aromatic N) is 6. The molecule has 0 aliphatic rings. The number of methoxy groups -OCH3 is 8. The molecule has 31 nitrogen and oxygen atoms in total. The van der Waals surface area contributed by atoms with Crippen molar-refractivity contribution in [3.05, 3.63) is 23.8 Å². The summed E-state index contributed by atoms with van der Waals surface area (Å²) in [4.78, 5) is 79.9. The van der Waals surface area contributed by atoms with Crippen LogP contribution in [-0.4, -0.2) is 384 Å². The fourth-order valence-corrected chi connectivity index (χ4v) is 7.91. The van der Waals surface area contributed by atoms with Gasteiger partial charge in [0.1, 0.15) is 24.7 Å². The first-order valence-electron chi connectivity index (χ1n) is 30.4. The summed E-state index contributed by atoms with van der Waals surface area (Å²) in [5.41, 5.74) is 1.62. The molecule has 0 aliphatic carbocycles. The maximum Gasteiger partial charge on any atom is 0.274 e. The minimum Gasteiger partial charge on any atom is -0.492 e. The summed E-state index contributed by atoms with van der Waals surface area (Å²) in [5, 5.41) is 9.77. The monoisotopic (exact) mass is 1300 g/mol. The van der Waals surface area contributed by atoms with Gasteiger partial charge >= 0.3 is 0 Å². The molecule has 0 spiro atoms. The zero-order chi connectivity index (χ0) is 65.9. The molecule has 1 aromatic rings. The number of hydrogen-bond donors (Lipinski definition) is 2. The first kappa shape index (κ1) is 83.4. The van der Waals surface area contributed by atoms with Gasteiger partial charge in [0.05, 0.1) is 185 Å². The van der Waals surface area contributed by atoms with Crippen molar-refractivity contribution in [2.75, 3.05) is 320 Å². The zero-order valence-electron chi connectivity index (χ0n) is 55.0. The molecule has 2 N–H and O–H groups in total. The van der Waals surface area contributed by atoms with Crippen LogP contribution in [-0.2, 0) is 95.0 Å². The number of nitrogens with one attached hydrogen (secondary N) is 1. The van der Waals surface area contributed by atoms with Crippen LogP contribution in [0.5, 0.6) is 11.5 Å². The van der Waals surface area contributed by atoms with E-state index in [9.17, 15) is 29.2 Å². The van der Waals surface area contributed by atoms with E-state index in [1.807, 2.05) is 0 Å². The van der Waals surface area contributed by atoms with E-state index in [0.29, 0.717) is 106 Å². The third-order valence-corrected chi connectivity index (χ3v) is 12.9. The number of benzene rings is 1. The van der Waals surface area contributed by atoms with E-state index in [0.717, 1.165) is 0 Å². The van der Waals surface area contributed by atoms with E-state index in [1.54, 1.807) is 91.8 Å². The summed E-state index contributed by atoms with van der Waals surface area (Å²) >= 11 is 0. The smallest absolute Gasteiger partial charge is 0.274 e. The number of amides is 5. The molecular weight excluding hydrogens is 1190 g/mol. The van der Waals surface area contributed by atoms with E-state index < -0.39 is 5.91 Å². The van der Waals surface area contributed by atoms with E-state index >= 15 is 0 Å². The SMILES string of the molecule is COCCOCCN(CCOCCOC)C(=O)CN(CCOc1cc(OCCN(CC(=O)N(CCOCCOC)CCOCCOC)CC(=O)N(CCOCCOC)CCOCCOC)cc(C(=O)NO)c1)CC(=O)N(CCOCCOC)CCOCCOC. The normalized spacial score (nSPS) is 11.4. The van der Waals surface area contributed by atoms with Crippen molar-refractivity contribution in [1.29, 1.82) is 0 Å². The van der Waals surface area contributed by atoms with Crippen molar-refractivity contribution in [2.24, 2.45) is 0 Å². The zero-order valence-corrected chi connectivity index (χ0v) is 55.0. The lowest BCUT2D eigenvalue weighted by Gasteiger charge is -2.30. The average Bonchev–Trinajstić information content (AvgIpc) is 2.16. The van der Waals surface area contributed by atoms with Gasteiger partial charge in [-0.05, 0) is 12.1 Å². The van der Waals surface area contributed by atoms with Gasteiger partial charge in [-0.25, -0.2) is 5.48 Å². The molecule has 0 aromatic heterocycles. The Morgan fingerprint density at radius 3 is 0.700 bits per heavy atom. The minimum atomic E-state index is -0.870. The van der Waals surface area contributed by atoms with Crippen LogP contribution in [0.25, 0.3) is 0 Å². The van der Waals surface area contributed by atoms with Crippen molar-refractivity contribution < 1.29 is 114 Å². The molecule has 31 heteroatoms. The van der Waals surface area contributed by atoms with E-state index in [4.69, 9.17) is 85.3 Å². The van der Waals surface area contributed by atoms with Crippen LogP contribution in [0.15, 0.2) is 18.2 Å². The van der Waals surface area contributed by atoms with Crippen LogP contribution in [0.2, 0.25) is 0 Å². The number of carbonyl (C=O) groups excluding carboxylic acids is 5. The summed E-state index contributed by atoms with van der Waals surface area (Å²) in [6.45, 7) is 8.27. The Hall–Kier alpha value is -4.59. The van der Waals surface area contributed by atoms with Crippen LogP contribution in [0.4, 0.5) is 0 Å². The fraction of sp³-hybridized carbons (Fsp3) is 0.814. The highest BCUT2D eigenvalue weighted by Crippen LogP contribution is 2.24. The van der Waals surface area contributed by atoms with Gasteiger partial charge in [-0.3, -0.25) is 39.0 Å². The lowest BCUT2D eigenvalue weighted by Crippen LogP contribution is -2.48. The summed E-state index contributed by atoms with van der Waals surface area (Å²) in [7, 11) is 12.5. The first-order valence-corrected chi connectivity index (χ1v) is 30.4. The largest absolute Gasteiger partial charge is 0.492 e. The average molecular weight is 1300 g/mol. The summed E-state index contributed by atoms with van der Waals surface area (Å²) in [6.07, 6.45) is 0. The Bertz CT molecular complexity index is 1660. The predicted octanol–water partition coefficient (Wildman–Crippen LogP) is -1.21. The lowest BCUT2D eigenvalue weighted by molar-refractivity contribution is -0.139. The van der Waals surface area contributed by atoms with Crippen molar-refractivity contribution in [3.63, 3.8) is 0 Å². The molecule has 0 fully saturated rings. The van der Waals surface area contributed by atoms with Gasteiger partial charge in [-0.2, -0.15) is 0 Å². The molecule has 0 bridgehead atoms. The standard InChI is InChI=1S/C59H109N7O24/c1-73-29-37-81-19-11-63(12-20-82-38-30-74-2)55(67)48-61(49-56(68)64(13-21-83-39-31-75-3)14-22-84-40-32-76-4)9-27-89-53-45-52(59(71)60-72)46-54(47-53)90-28-10-62(50-57(69)65(15-23-85-41-33-77-5)16-24-86-42-34-78-6)51-58(70)66(17-25-87-43-35-79-7)18-26-88-44-36-80-8/h45-47,72H,9-44,48-51H2,1-8H3,(H,60,71). The van der Waals surface area contributed by atoms with Gasteiger partial charge in [-0.15, -0.1) is 0 Å². The van der Waals surface area contributed by atoms with E-state index in [2.05, 4.69) is 0 Å². The maximum atomic E-state index is 14.3. The second kappa shape index (κ2) is 59.4. The number of carbonyl (C=O) groups is 5. The fourth-order valence-electron chi connectivity index (χ4n) is 7.91. The second-order valence-electron chi connectivity index (χ2n) is 19.6. The highest BCUT2D eigenvalue weighted by Gasteiger charge is 2.25. The molecule has 5 amide bonds. The number of hydrogen-bond acceptors (Lipinski definition) is 26. The van der Waals surface area contributed by atoms with Gasteiger partial charge in [-0.1, -0.05) is 0 Å². The molecule has 1 rings (SSSR count). The minimum absolute atomic E-state index is 0.0336. The molecule has 0 atom stereocenters. The predicted molar refractivity (Wildman–Crippen MR) is 327 cm³/mol. The van der Waals surface area contributed by atoms with Gasteiger partial charge < -0.3 is 105 Å². The molecule has 0 saturated heterocycles. The molecule has 524 valence electrons. The third kappa shape index (κ3) is 44.0. The molecule has 0 saturated carbocycles. The third-order valence-electron chi connectivity index (χ3n) is 12.9. The van der Waals surface area contributed by atoms with Crippen molar-refractivity contribution in [1.82, 2.24) is 34.9 Å². The molecule has 0 heterocycles. The Labute approximate surface area is 532 Å². The number of hydroxylamine groups is 1. The van der Waals surface area contributed by atoms with Gasteiger partial charge in [0.15, 0.2) is 0 Å². The van der Waals surface area contributed by atoms with Crippen LogP contribution in [0.1, 0.15) is 10.4 Å². The van der Waals surface area contributed by atoms with Crippen molar-refractivity contribution in [3.8, 4) is 11.5 Å². The maximum absolute atomic E-state index is 14.3. The second-order valence-corrected chi connectivity index (χ2v) is 19.6. The summed E-state index contributed by atoms with van der Waals surface area (Å²) in [5.74, 6) is -1.81. The van der Waals surface area contributed by atoms with Gasteiger partial charge in [0, 0.05) is 134 Å². The highest BCUT2D eigenvalue weighted by molar-refractivity contribution is 5.94. The highest BCUT2D eigenvalue weighted by atomic mass is 16.6. The van der Waals surface area contributed by atoms with Crippen molar-refractivity contribution >= 4 is 29.5 Å². The Morgan fingerprint density at radius 1 is 0.300 bits per heavy atom. The quantitative estimate of drug-likeness (QED) is 0.0439. The summed E-state index contributed by atoms with van der Waals surface area (Å²) < 4.78 is 99.2. The van der Waals surface area contributed by atoms with Crippen LogP contribution in [0, 0.1) is 0 Å². The topological polar surface area (TPSA) is 303 Å². The Balaban J connectivity index is 3.66. The van der Waals surface area contributed by atoms with Crippen molar-refractivity contribution in [2.45, 2.75) is 0 Å². The number of rotatable bonds is 65. The molecule has 0 radical (unpaired) electrons. The number of ether oxygens (including phenoxy) is 18. The molecule has 1 aromatic carbocycles. The van der Waals surface area contributed by atoms with E-state index in [1.165, 1.54) is 18.2 Å². The molecular formula is C59H109N7O24. The molecule has 0 unspecified atom stereocenters. The Morgan fingerprint density at radius 2 is 0.511 bits per heavy atom. The molecule has 0 aliphatic heterocycles. The van der Waals surface area contributed by atoms with Crippen LogP contribution < -0.4 is 15.0 Å². The Kier molecular flexibility index (Phi) is 55.1. The van der Waals surface area contributed by atoms with Gasteiger partial charge in [0.2, 0.25) is 23.6 Å².